The third-order valence-electron chi connectivity index (χ3n) is 2.89. The molecule has 1 aromatic carbocycles. The Balaban J connectivity index is 1.55. The van der Waals surface area contributed by atoms with Gasteiger partial charge in [-0.2, -0.15) is 5.26 Å². The first kappa shape index (κ1) is 12.1. The molecule has 0 bridgehead atoms. The lowest BCUT2D eigenvalue weighted by Crippen LogP contribution is -2.19. The molecular weight excluding hydrogens is 212 g/mol. The summed E-state index contributed by atoms with van der Waals surface area (Å²) in [5.74, 6) is 0.841. The maximum atomic E-state index is 8.67. The molecule has 0 radical (unpaired) electrons. The molecule has 1 fully saturated rings. The maximum Gasteiger partial charge on any atom is 0.0991 e. The van der Waals surface area contributed by atoms with Gasteiger partial charge in [0.15, 0.2) is 0 Å². The van der Waals surface area contributed by atoms with Crippen molar-refractivity contribution in [2.24, 2.45) is 5.92 Å². The first-order valence-electron chi connectivity index (χ1n) is 6.16. The molecule has 0 spiro atoms. The second-order valence-electron chi connectivity index (χ2n) is 4.50. The Morgan fingerprint density at radius 1 is 1.29 bits per heavy atom. The van der Waals surface area contributed by atoms with Crippen molar-refractivity contribution in [3.05, 3.63) is 35.4 Å². The van der Waals surface area contributed by atoms with Gasteiger partial charge in [0.2, 0.25) is 0 Å². The normalized spacial score (nSPS) is 14.5. The first-order valence-corrected chi connectivity index (χ1v) is 6.16. The van der Waals surface area contributed by atoms with E-state index < -0.39 is 0 Å². The van der Waals surface area contributed by atoms with Crippen LogP contribution in [0, 0.1) is 17.2 Å². The highest BCUT2D eigenvalue weighted by atomic mass is 16.5. The Bertz CT molecular complexity index is 376. The Morgan fingerprint density at radius 2 is 2.06 bits per heavy atom. The topological polar surface area (TPSA) is 45.0 Å². The van der Waals surface area contributed by atoms with Gasteiger partial charge in [0.25, 0.3) is 0 Å². The van der Waals surface area contributed by atoms with Crippen LogP contribution in [-0.2, 0) is 11.3 Å². The van der Waals surface area contributed by atoms with Gasteiger partial charge in [0.1, 0.15) is 0 Å². The van der Waals surface area contributed by atoms with E-state index in [-0.39, 0.29) is 0 Å². The average Bonchev–Trinajstić information content (AvgIpc) is 3.18. The predicted octanol–water partition coefficient (Wildman–Crippen LogP) is 2.07. The van der Waals surface area contributed by atoms with Crippen molar-refractivity contribution in [2.45, 2.75) is 19.4 Å². The fourth-order valence-corrected chi connectivity index (χ4v) is 1.61. The van der Waals surface area contributed by atoms with E-state index in [9.17, 15) is 0 Å². The second kappa shape index (κ2) is 6.39. The van der Waals surface area contributed by atoms with Crippen LogP contribution in [0.5, 0.6) is 0 Å². The van der Waals surface area contributed by atoms with Crippen molar-refractivity contribution in [1.82, 2.24) is 5.32 Å². The number of hydrogen-bond donors (Lipinski definition) is 1. The van der Waals surface area contributed by atoms with Crippen molar-refractivity contribution >= 4 is 0 Å². The largest absolute Gasteiger partial charge is 0.380 e. The first-order chi connectivity index (χ1) is 8.38. The summed E-state index contributed by atoms with van der Waals surface area (Å²) in [6.07, 6.45) is 2.69. The van der Waals surface area contributed by atoms with Crippen LogP contribution in [0.25, 0.3) is 0 Å². The lowest BCUT2D eigenvalue weighted by atomic mass is 10.1. The van der Waals surface area contributed by atoms with E-state index >= 15 is 0 Å². The van der Waals surface area contributed by atoms with Crippen LogP contribution >= 0.6 is 0 Å². The van der Waals surface area contributed by atoms with Crippen LogP contribution in [0.2, 0.25) is 0 Å². The van der Waals surface area contributed by atoms with Crippen molar-refractivity contribution in [2.75, 3.05) is 19.8 Å². The van der Waals surface area contributed by atoms with Crippen LogP contribution < -0.4 is 5.32 Å². The maximum absolute atomic E-state index is 8.67. The molecule has 3 heteroatoms. The average molecular weight is 230 g/mol. The number of benzene rings is 1. The Kier molecular flexibility index (Phi) is 4.54. The number of hydrogen-bond acceptors (Lipinski definition) is 3. The van der Waals surface area contributed by atoms with E-state index in [2.05, 4.69) is 11.4 Å². The molecule has 0 aromatic heterocycles. The quantitative estimate of drug-likeness (QED) is 0.729. The summed E-state index contributed by atoms with van der Waals surface area (Å²) in [6, 6.07) is 9.78. The van der Waals surface area contributed by atoms with E-state index in [1.54, 1.807) is 0 Å². The van der Waals surface area contributed by atoms with Gasteiger partial charge in [0, 0.05) is 19.7 Å². The zero-order chi connectivity index (χ0) is 11.9. The molecule has 0 unspecified atom stereocenters. The Morgan fingerprint density at radius 3 is 2.71 bits per heavy atom. The summed E-state index contributed by atoms with van der Waals surface area (Å²) < 4.78 is 5.53. The van der Waals surface area contributed by atoms with E-state index in [1.165, 1.54) is 18.4 Å². The molecule has 0 atom stereocenters. The number of rotatable bonds is 7. The van der Waals surface area contributed by atoms with Gasteiger partial charge < -0.3 is 10.1 Å². The summed E-state index contributed by atoms with van der Waals surface area (Å²) in [4.78, 5) is 0. The fourth-order valence-electron chi connectivity index (χ4n) is 1.61. The SMILES string of the molecule is N#Cc1ccc(CNCCOCC2CC2)cc1. The molecule has 1 aliphatic rings. The molecule has 90 valence electrons. The monoisotopic (exact) mass is 230 g/mol. The Hall–Kier alpha value is -1.37. The highest BCUT2D eigenvalue weighted by Crippen LogP contribution is 2.28. The van der Waals surface area contributed by atoms with Crippen LogP contribution in [0.3, 0.4) is 0 Å². The molecular formula is C14H18N2O. The van der Waals surface area contributed by atoms with Gasteiger partial charge in [-0.15, -0.1) is 0 Å². The van der Waals surface area contributed by atoms with E-state index in [4.69, 9.17) is 10.00 Å². The van der Waals surface area contributed by atoms with Crippen molar-refractivity contribution < 1.29 is 4.74 Å². The molecule has 17 heavy (non-hydrogen) atoms. The van der Waals surface area contributed by atoms with Crippen LogP contribution in [-0.4, -0.2) is 19.8 Å². The highest BCUT2D eigenvalue weighted by Gasteiger charge is 2.20. The molecule has 1 aliphatic carbocycles. The second-order valence-corrected chi connectivity index (χ2v) is 4.50. The molecule has 1 saturated carbocycles. The zero-order valence-corrected chi connectivity index (χ0v) is 9.98. The fraction of sp³-hybridized carbons (Fsp3) is 0.500. The summed E-state index contributed by atoms with van der Waals surface area (Å²) in [5.41, 5.74) is 1.91. The van der Waals surface area contributed by atoms with E-state index in [0.29, 0.717) is 5.56 Å². The molecule has 1 aromatic rings. The van der Waals surface area contributed by atoms with Gasteiger partial charge in [-0.25, -0.2) is 0 Å². The lowest BCUT2D eigenvalue weighted by molar-refractivity contribution is 0.126. The summed E-state index contributed by atoms with van der Waals surface area (Å²) >= 11 is 0. The molecule has 0 aliphatic heterocycles. The minimum atomic E-state index is 0.710. The van der Waals surface area contributed by atoms with Crippen LogP contribution in [0.1, 0.15) is 24.0 Å². The van der Waals surface area contributed by atoms with Gasteiger partial charge in [0.05, 0.1) is 18.2 Å². The van der Waals surface area contributed by atoms with E-state index in [1.807, 2.05) is 24.3 Å². The van der Waals surface area contributed by atoms with Crippen LogP contribution in [0.4, 0.5) is 0 Å². The lowest BCUT2D eigenvalue weighted by Gasteiger charge is -2.05. The number of nitrogens with one attached hydrogen (secondary N) is 1. The molecule has 0 saturated heterocycles. The smallest absolute Gasteiger partial charge is 0.0991 e. The standard InChI is InChI=1S/C14H18N2O/c15-9-12-1-3-13(4-2-12)10-16-7-8-17-11-14-5-6-14/h1-4,14,16H,5-8,10-11H2. The highest BCUT2D eigenvalue weighted by molar-refractivity contribution is 5.31. The van der Waals surface area contributed by atoms with Crippen molar-refractivity contribution in [3.63, 3.8) is 0 Å². The van der Waals surface area contributed by atoms with Gasteiger partial charge in [-0.05, 0) is 36.5 Å². The Labute approximate surface area is 102 Å². The minimum absolute atomic E-state index is 0.710. The van der Waals surface area contributed by atoms with Crippen LogP contribution in [0.15, 0.2) is 24.3 Å². The van der Waals surface area contributed by atoms with Gasteiger partial charge in [-0.1, -0.05) is 12.1 Å². The third-order valence-corrected chi connectivity index (χ3v) is 2.89. The zero-order valence-electron chi connectivity index (χ0n) is 9.98. The number of nitriles is 1. The molecule has 1 N–H and O–H groups in total. The number of nitrogens with zero attached hydrogens (tertiary/aromatic N) is 1. The minimum Gasteiger partial charge on any atom is -0.380 e. The van der Waals surface area contributed by atoms with Gasteiger partial charge in [-0.3, -0.25) is 0 Å². The van der Waals surface area contributed by atoms with Gasteiger partial charge >= 0.3 is 0 Å². The predicted molar refractivity (Wildman–Crippen MR) is 66.4 cm³/mol. The van der Waals surface area contributed by atoms with E-state index in [0.717, 1.165) is 32.2 Å². The summed E-state index contributed by atoms with van der Waals surface area (Å²) in [6.45, 7) is 3.43. The summed E-state index contributed by atoms with van der Waals surface area (Å²) in [5, 5.41) is 12.0. The van der Waals surface area contributed by atoms with Crippen molar-refractivity contribution in [3.8, 4) is 6.07 Å². The van der Waals surface area contributed by atoms with Crippen molar-refractivity contribution in [1.29, 1.82) is 5.26 Å². The summed E-state index contributed by atoms with van der Waals surface area (Å²) in [7, 11) is 0. The molecule has 3 nitrogen and oxygen atoms in total. The molecule has 0 amide bonds. The third kappa shape index (κ3) is 4.56. The molecule has 2 rings (SSSR count). The molecule has 0 heterocycles. The number of ether oxygens (including phenoxy) is 1.